The Morgan fingerprint density at radius 1 is 0.774 bits per heavy atom. The van der Waals surface area contributed by atoms with Crippen LogP contribution in [0.15, 0.2) is 48.5 Å². The Morgan fingerprint density at radius 2 is 1.32 bits per heavy atom. The first kappa shape index (κ1) is 23.9. The number of benzene rings is 2. The van der Waals surface area contributed by atoms with E-state index in [1.807, 2.05) is 26.0 Å². The Bertz CT molecular complexity index is 896. The van der Waals surface area contributed by atoms with Crippen LogP contribution in [0.4, 0.5) is 22.7 Å². The van der Waals surface area contributed by atoms with Gasteiger partial charge in [0, 0.05) is 35.1 Å². The SMILES string of the molecule is CCCCCC(=O)Nc1cccc(NC(=O)CNc2cccc(NC(=O)C(C)C)c2)c1. The van der Waals surface area contributed by atoms with Gasteiger partial charge in [-0.1, -0.05) is 45.7 Å². The van der Waals surface area contributed by atoms with Crippen molar-refractivity contribution in [3.8, 4) is 0 Å². The zero-order valence-corrected chi connectivity index (χ0v) is 18.5. The molecular weight excluding hydrogens is 392 g/mol. The summed E-state index contributed by atoms with van der Waals surface area (Å²) in [6.07, 6.45) is 3.46. The van der Waals surface area contributed by atoms with E-state index in [1.165, 1.54) is 0 Å². The second-order valence-electron chi connectivity index (χ2n) is 7.71. The van der Waals surface area contributed by atoms with E-state index in [2.05, 4.69) is 28.2 Å². The first-order chi connectivity index (χ1) is 14.9. The summed E-state index contributed by atoms with van der Waals surface area (Å²) in [7, 11) is 0. The molecule has 0 saturated heterocycles. The Morgan fingerprint density at radius 3 is 1.94 bits per heavy atom. The van der Waals surface area contributed by atoms with Gasteiger partial charge in [0.25, 0.3) is 0 Å². The molecule has 31 heavy (non-hydrogen) atoms. The van der Waals surface area contributed by atoms with Gasteiger partial charge in [0.2, 0.25) is 17.7 Å². The van der Waals surface area contributed by atoms with Gasteiger partial charge in [0.15, 0.2) is 0 Å². The Kier molecular flexibility index (Phi) is 9.55. The van der Waals surface area contributed by atoms with Crippen LogP contribution in [0.25, 0.3) is 0 Å². The van der Waals surface area contributed by atoms with E-state index in [1.54, 1.807) is 36.4 Å². The van der Waals surface area contributed by atoms with Crippen molar-refractivity contribution in [1.82, 2.24) is 0 Å². The van der Waals surface area contributed by atoms with E-state index in [4.69, 9.17) is 0 Å². The van der Waals surface area contributed by atoms with Crippen molar-refractivity contribution in [2.75, 3.05) is 27.8 Å². The number of amides is 3. The van der Waals surface area contributed by atoms with Crippen LogP contribution in [0.1, 0.15) is 46.5 Å². The number of carbonyl (C=O) groups excluding carboxylic acids is 3. The van der Waals surface area contributed by atoms with Gasteiger partial charge >= 0.3 is 0 Å². The number of nitrogens with one attached hydrogen (secondary N) is 4. The molecule has 0 saturated carbocycles. The molecule has 166 valence electrons. The van der Waals surface area contributed by atoms with Crippen LogP contribution < -0.4 is 21.3 Å². The molecule has 7 heteroatoms. The first-order valence-corrected chi connectivity index (χ1v) is 10.7. The fraction of sp³-hybridized carbons (Fsp3) is 0.375. The average Bonchev–Trinajstić information content (AvgIpc) is 2.73. The predicted octanol–water partition coefficient (Wildman–Crippen LogP) is 4.85. The third kappa shape index (κ3) is 8.90. The molecule has 0 bridgehead atoms. The van der Waals surface area contributed by atoms with Gasteiger partial charge in [-0.3, -0.25) is 14.4 Å². The second kappa shape index (κ2) is 12.4. The highest BCUT2D eigenvalue weighted by molar-refractivity contribution is 5.96. The lowest BCUT2D eigenvalue weighted by Crippen LogP contribution is -2.22. The number of carbonyl (C=O) groups is 3. The summed E-state index contributed by atoms with van der Waals surface area (Å²) in [6.45, 7) is 5.82. The van der Waals surface area contributed by atoms with Crippen molar-refractivity contribution in [3.05, 3.63) is 48.5 Å². The van der Waals surface area contributed by atoms with Crippen LogP contribution in [-0.2, 0) is 14.4 Å². The molecule has 0 fully saturated rings. The predicted molar refractivity (Wildman–Crippen MR) is 126 cm³/mol. The summed E-state index contributed by atoms with van der Waals surface area (Å²) in [5, 5.41) is 11.6. The molecular formula is C24H32N4O3. The van der Waals surface area contributed by atoms with Gasteiger partial charge in [-0.05, 0) is 42.8 Å². The second-order valence-corrected chi connectivity index (χ2v) is 7.71. The van der Waals surface area contributed by atoms with E-state index >= 15 is 0 Å². The third-order valence-corrected chi connectivity index (χ3v) is 4.55. The number of hydrogen-bond acceptors (Lipinski definition) is 4. The molecule has 2 rings (SSSR count). The van der Waals surface area contributed by atoms with Crippen LogP contribution in [0.3, 0.4) is 0 Å². The zero-order chi connectivity index (χ0) is 22.6. The van der Waals surface area contributed by atoms with Crippen molar-refractivity contribution < 1.29 is 14.4 Å². The quantitative estimate of drug-likeness (QED) is 0.388. The minimum atomic E-state index is -0.219. The van der Waals surface area contributed by atoms with E-state index in [0.717, 1.165) is 24.9 Å². The molecule has 2 aromatic carbocycles. The van der Waals surface area contributed by atoms with Crippen LogP contribution in [0, 0.1) is 5.92 Å². The highest BCUT2D eigenvalue weighted by atomic mass is 16.2. The third-order valence-electron chi connectivity index (χ3n) is 4.55. The van der Waals surface area contributed by atoms with Gasteiger partial charge in [0.1, 0.15) is 0 Å². The van der Waals surface area contributed by atoms with Crippen molar-refractivity contribution >= 4 is 40.5 Å². The van der Waals surface area contributed by atoms with Gasteiger partial charge in [-0.25, -0.2) is 0 Å². The number of unbranched alkanes of at least 4 members (excludes halogenated alkanes) is 2. The Labute approximate surface area is 184 Å². The molecule has 0 heterocycles. The van der Waals surface area contributed by atoms with Gasteiger partial charge in [-0.2, -0.15) is 0 Å². The largest absolute Gasteiger partial charge is 0.376 e. The smallest absolute Gasteiger partial charge is 0.243 e. The molecule has 0 spiro atoms. The summed E-state index contributed by atoms with van der Waals surface area (Å²) in [5.41, 5.74) is 2.66. The Hall–Kier alpha value is -3.35. The first-order valence-electron chi connectivity index (χ1n) is 10.7. The number of rotatable bonds is 11. The summed E-state index contributed by atoms with van der Waals surface area (Å²) >= 11 is 0. The van der Waals surface area contributed by atoms with E-state index in [-0.39, 0.29) is 30.2 Å². The van der Waals surface area contributed by atoms with E-state index in [0.29, 0.717) is 23.5 Å². The minimum Gasteiger partial charge on any atom is -0.376 e. The van der Waals surface area contributed by atoms with Crippen LogP contribution >= 0.6 is 0 Å². The van der Waals surface area contributed by atoms with E-state index < -0.39 is 0 Å². The summed E-state index contributed by atoms with van der Waals surface area (Å²) in [5.74, 6) is -0.419. The maximum Gasteiger partial charge on any atom is 0.243 e. The fourth-order valence-corrected chi connectivity index (χ4v) is 2.81. The lowest BCUT2D eigenvalue weighted by atomic mass is 10.2. The lowest BCUT2D eigenvalue weighted by Gasteiger charge is -2.12. The lowest BCUT2D eigenvalue weighted by molar-refractivity contribution is -0.119. The molecule has 0 unspecified atom stereocenters. The maximum absolute atomic E-state index is 12.3. The monoisotopic (exact) mass is 424 g/mol. The van der Waals surface area contributed by atoms with Crippen LogP contribution in [-0.4, -0.2) is 24.3 Å². The van der Waals surface area contributed by atoms with Crippen molar-refractivity contribution in [2.45, 2.75) is 46.5 Å². The minimum absolute atomic E-state index is 0.0250. The van der Waals surface area contributed by atoms with Gasteiger partial charge < -0.3 is 21.3 Å². The molecule has 0 aliphatic heterocycles. The normalized spacial score (nSPS) is 10.5. The average molecular weight is 425 g/mol. The molecule has 0 aliphatic rings. The number of hydrogen-bond donors (Lipinski definition) is 4. The fourth-order valence-electron chi connectivity index (χ4n) is 2.81. The molecule has 0 aliphatic carbocycles. The van der Waals surface area contributed by atoms with Crippen molar-refractivity contribution in [3.63, 3.8) is 0 Å². The molecule has 2 aromatic rings. The highest BCUT2D eigenvalue weighted by Crippen LogP contribution is 2.17. The van der Waals surface area contributed by atoms with Crippen molar-refractivity contribution in [1.29, 1.82) is 0 Å². The van der Waals surface area contributed by atoms with Gasteiger partial charge in [-0.15, -0.1) is 0 Å². The van der Waals surface area contributed by atoms with Crippen LogP contribution in [0.5, 0.6) is 0 Å². The molecule has 7 nitrogen and oxygen atoms in total. The van der Waals surface area contributed by atoms with Crippen LogP contribution in [0.2, 0.25) is 0 Å². The highest BCUT2D eigenvalue weighted by Gasteiger charge is 2.08. The Balaban J connectivity index is 1.85. The van der Waals surface area contributed by atoms with E-state index in [9.17, 15) is 14.4 Å². The van der Waals surface area contributed by atoms with Gasteiger partial charge in [0.05, 0.1) is 6.54 Å². The molecule has 3 amide bonds. The summed E-state index contributed by atoms with van der Waals surface area (Å²) in [4.78, 5) is 36.1. The topological polar surface area (TPSA) is 99.3 Å². The molecule has 0 aromatic heterocycles. The zero-order valence-electron chi connectivity index (χ0n) is 18.5. The molecule has 0 atom stereocenters. The standard InChI is InChI=1S/C24H32N4O3/c1-4-5-6-13-22(29)26-19-10-8-11-20(15-19)27-23(30)16-25-18-9-7-12-21(14-18)28-24(31)17(2)3/h7-12,14-15,17,25H,4-6,13,16H2,1-3H3,(H,26,29)(H,27,30)(H,28,31). The molecule has 0 radical (unpaired) electrons. The van der Waals surface area contributed by atoms with Crippen molar-refractivity contribution in [2.24, 2.45) is 5.92 Å². The summed E-state index contributed by atoms with van der Waals surface area (Å²) < 4.78 is 0. The maximum atomic E-state index is 12.3. The summed E-state index contributed by atoms with van der Waals surface area (Å²) in [6, 6.07) is 14.3. The number of anilines is 4. The molecule has 4 N–H and O–H groups in total.